The summed E-state index contributed by atoms with van der Waals surface area (Å²) in [5.74, 6) is 0. The van der Waals surface area contributed by atoms with Gasteiger partial charge >= 0.3 is 0 Å². The monoisotopic (exact) mass is 282 g/mol. The summed E-state index contributed by atoms with van der Waals surface area (Å²) in [5, 5.41) is 1.15. The number of fused-ring (bicyclic) bond motifs is 1. The third kappa shape index (κ3) is 1.75. The summed E-state index contributed by atoms with van der Waals surface area (Å²) in [6.45, 7) is 2.08. The Hall–Kier alpha value is -1.03. The molecule has 5 heteroatoms. The molecule has 0 saturated carbocycles. The van der Waals surface area contributed by atoms with Crippen LogP contribution >= 0.6 is 34.5 Å². The summed E-state index contributed by atoms with van der Waals surface area (Å²) < 4.78 is 2.07. The Kier molecular flexibility index (Phi) is 2.62. The summed E-state index contributed by atoms with van der Waals surface area (Å²) in [7, 11) is 0. The second-order valence-electron chi connectivity index (χ2n) is 3.72. The first-order valence-electron chi connectivity index (χ1n) is 5.04. The van der Waals surface area contributed by atoms with E-state index in [-0.39, 0.29) is 0 Å². The average molecular weight is 283 g/mol. The normalized spacial score (nSPS) is 11.2. The average Bonchev–Trinajstić information content (AvgIpc) is 2.82. The molecule has 0 aliphatic heterocycles. The molecule has 0 aliphatic carbocycles. The Labute approximate surface area is 112 Å². The van der Waals surface area contributed by atoms with E-state index in [1.165, 1.54) is 4.88 Å². The molecule has 3 aromatic rings. The number of benzene rings is 1. The SMILES string of the molecule is Cc1sc2nccn2c1-c1ccc(Cl)c(Cl)c1. The van der Waals surface area contributed by atoms with Gasteiger partial charge in [0.05, 0.1) is 15.7 Å². The smallest absolute Gasteiger partial charge is 0.194 e. The Morgan fingerprint density at radius 2 is 2.06 bits per heavy atom. The Morgan fingerprint density at radius 3 is 2.82 bits per heavy atom. The van der Waals surface area contributed by atoms with E-state index >= 15 is 0 Å². The second kappa shape index (κ2) is 4.02. The minimum atomic E-state index is 0.572. The molecule has 17 heavy (non-hydrogen) atoms. The molecule has 0 spiro atoms. The van der Waals surface area contributed by atoms with Crippen LogP contribution in [0.25, 0.3) is 16.2 Å². The minimum absolute atomic E-state index is 0.572. The summed E-state index contributed by atoms with van der Waals surface area (Å²) in [6, 6.07) is 5.68. The fraction of sp³-hybridized carbons (Fsp3) is 0.0833. The molecule has 0 fully saturated rings. The molecule has 0 radical (unpaired) electrons. The van der Waals surface area contributed by atoms with Crippen molar-refractivity contribution in [2.75, 3.05) is 0 Å². The van der Waals surface area contributed by atoms with E-state index in [1.807, 2.05) is 24.4 Å². The van der Waals surface area contributed by atoms with Gasteiger partial charge in [0.25, 0.3) is 0 Å². The Balaban J connectivity index is 2.29. The molecular formula is C12H8Cl2N2S. The molecule has 0 bridgehead atoms. The molecule has 0 unspecified atom stereocenters. The number of aromatic nitrogens is 2. The van der Waals surface area contributed by atoms with Gasteiger partial charge in [0.15, 0.2) is 4.96 Å². The zero-order valence-corrected chi connectivity index (χ0v) is 11.3. The Morgan fingerprint density at radius 1 is 1.24 bits per heavy atom. The third-order valence-corrected chi connectivity index (χ3v) is 4.34. The van der Waals surface area contributed by atoms with Gasteiger partial charge in [-0.1, -0.05) is 29.3 Å². The molecule has 2 aromatic heterocycles. The van der Waals surface area contributed by atoms with Crippen molar-refractivity contribution in [2.45, 2.75) is 6.92 Å². The van der Waals surface area contributed by atoms with Crippen LogP contribution in [-0.2, 0) is 0 Å². The van der Waals surface area contributed by atoms with Crippen molar-refractivity contribution in [3.63, 3.8) is 0 Å². The number of hydrogen-bond acceptors (Lipinski definition) is 2. The van der Waals surface area contributed by atoms with Crippen LogP contribution in [0, 0.1) is 6.92 Å². The topological polar surface area (TPSA) is 17.3 Å². The molecule has 0 atom stereocenters. The number of thiazole rings is 1. The van der Waals surface area contributed by atoms with Gasteiger partial charge in [-0.2, -0.15) is 0 Å². The van der Waals surface area contributed by atoms with Gasteiger partial charge in [0, 0.05) is 22.8 Å². The van der Waals surface area contributed by atoms with E-state index in [0.29, 0.717) is 10.0 Å². The van der Waals surface area contributed by atoms with Crippen LogP contribution in [0.4, 0.5) is 0 Å². The molecule has 3 rings (SSSR count). The lowest BCUT2D eigenvalue weighted by Crippen LogP contribution is -1.86. The number of nitrogens with zero attached hydrogens (tertiary/aromatic N) is 2. The predicted molar refractivity (Wildman–Crippen MR) is 73.3 cm³/mol. The number of halogens is 2. The first kappa shape index (κ1) is 11.1. The van der Waals surface area contributed by atoms with Crippen molar-refractivity contribution in [1.82, 2.24) is 9.38 Å². The van der Waals surface area contributed by atoms with E-state index in [1.54, 1.807) is 17.5 Å². The molecule has 0 aliphatic rings. The van der Waals surface area contributed by atoms with Crippen LogP contribution in [0.15, 0.2) is 30.6 Å². The van der Waals surface area contributed by atoms with Gasteiger partial charge in [0.1, 0.15) is 0 Å². The highest BCUT2D eigenvalue weighted by Crippen LogP contribution is 2.33. The first-order chi connectivity index (χ1) is 8.16. The van der Waals surface area contributed by atoms with Gasteiger partial charge < -0.3 is 0 Å². The van der Waals surface area contributed by atoms with E-state index < -0.39 is 0 Å². The predicted octanol–water partition coefficient (Wildman–Crippen LogP) is 4.68. The highest BCUT2D eigenvalue weighted by atomic mass is 35.5. The minimum Gasteiger partial charge on any atom is -0.290 e. The van der Waals surface area contributed by atoms with Crippen LogP contribution < -0.4 is 0 Å². The standard InChI is InChI=1S/C12H8Cl2N2S/c1-7-11(16-5-4-15-12(16)17-7)8-2-3-9(13)10(14)6-8/h2-6H,1H3. The molecule has 0 amide bonds. The summed E-state index contributed by atoms with van der Waals surface area (Å²) in [4.78, 5) is 6.49. The lowest BCUT2D eigenvalue weighted by Gasteiger charge is -2.03. The van der Waals surface area contributed by atoms with Crippen LogP contribution in [0.2, 0.25) is 10.0 Å². The van der Waals surface area contributed by atoms with Crippen molar-refractivity contribution in [3.8, 4) is 11.3 Å². The first-order valence-corrected chi connectivity index (χ1v) is 6.62. The van der Waals surface area contributed by atoms with Gasteiger partial charge in [-0.05, 0) is 19.1 Å². The maximum absolute atomic E-state index is 6.05. The largest absolute Gasteiger partial charge is 0.290 e. The maximum Gasteiger partial charge on any atom is 0.194 e. The molecule has 0 N–H and O–H groups in total. The van der Waals surface area contributed by atoms with Gasteiger partial charge in [-0.25, -0.2) is 4.98 Å². The molecule has 0 saturated heterocycles. The van der Waals surface area contributed by atoms with E-state index in [4.69, 9.17) is 23.2 Å². The molecule has 2 heterocycles. The van der Waals surface area contributed by atoms with Crippen molar-refractivity contribution in [1.29, 1.82) is 0 Å². The zero-order chi connectivity index (χ0) is 12.0. The van der Waals surface area contributed by atoms with Crippen molar-refractivity contribution >= 4 is 39.5 Å². The van der Waals surface area contributed by atoms with Gasteiger partial charge in [-0.3, -0.25) is 4.40 Å². The van der Waals surface area contributed by atoms with Crippen molar-refractivity contribution in [3.05, 3.63) is 45.5 Å². The second-order valence-corrected chi connectivity index (χ2v) is 5.71. The molecular weight excluding hydrogens is 275 g/mol. The van der Waals surface area contributed by atoms with Gasteiger partial charge in [0.2, 0.25) is 0 Å². The highest BCUT2D eigenvalue weighted by molar-refractivity contribution is 7.17. The Bertz CT molecular complexity index is 700. The number of hydrogen-bond donors (Lipinski definition) is 0. The van der Waals surface area contributed by atoms with Gasteiger partial charge in [-0.15, -0.1) is 11.3 Å². The lowest BCUT2D eigenvalue weighted by atomic mass is 10.1. The third-order valence-electron chi connectivity index (χ3n) is 2.62. The van der Waals surface area contributed by atoms with Crippen molar-refractivity contribution < 1.29 is 0 Å². The highest BCUT2D eigenvalue weighted by Gasteiger charge is 2.12. The maximum atomic E-state index is 6.05. The van der Waals surface area contributed by atoms with Crippen LogP contribution in [-0.4, -0.2) is 9.38 Å². The van der Waals surface area contributed by atoms with E-state index in [9.17, 15) is 0 Å². The van der Waals surface area contributed by atoms with E-state index in [0.717, 1.165) is 16.2 Å². The number of imidazole rings is 1. The molecule has 86 valence electrons. The quantitative estimate of drug-likeness (QED) is 0.634. The number of aryl methyl sites for hydroxylation is 1. The van der Waals surface area contributed by atoms with Crippen LogP contribution in [0.1, 0.15) is 4.88 Å². The van der Waals surface area contributed by atoms with Crippen LogP contribution in [0.3, 0.4) is 0 Å². The van der Waals surface area contributed by atoms with Crippen molar-refractivity contribution in [2.24, 2.45) is 0 Å². The summed E-state index contributed by atoms with van der Waals surface area (Å²) in [5.41, 5.74) is 2.18. The summed E-state index contributed by atoms with van der Waals surface area (Å²) in [6.07, 6.45) is 3.75. The fourth-order valence-electron chi connectivity index (χ4n) is 1.88. The summed E-state index contributed by atoms with van der Waals surface area (Å²) >= 11 is 13.7. The number of rotatable bonds is 1. The lowest BCUT2D eigenvalue weighted by molar-refractivity contribution is 1.22. The molecule has 1 aromatic carbocycles. The molecule has 2 nitrogen and oxygen atoms in total. The van der Waals surface area contributed by atoms with Crippen LogP contribution in [0.5, 0.6) is 0 Å². The zero-order valence-electron chi connectivity index (χ0n) is 8.95. The van der Waals surface area contributed by atoms with E-state index in [2.05, 4.69) is 16.3 Å². The fourth-order valence-corrected chi connectivity index (χ4v) is 3.12.